The number of amides is 1. The van der Waals surface area contributed by atoms with Gasteiger partial charge in [-0.2, -0.15) is 5.10 Å². The van der Waals surface area contributed by atoms with Crippen LogP contribution in [0.4, 0.5) is 11.6 Å². The minimum atomic E-state index is -0.250. The number of para-hydroxylation sites is 1. The van der Waals surface area contributed by atoms with Crippen LogP contribution in [0.1, 0.15) is 22.5 Å². The zero-order valence-corrected chi connectivity index (χ0v) is 18.0. The molecule has 0 bridgehead atoms. The molecule has 8 nitrogen and oxygen atoms in total. The van der Waals surface area contributed by atoms with E-state index < -0.39 is 0 Å². The summed E-state index contributed by atoms with van der Waals surface area (Å²) >= 11 is 0. The Morgan fingerprint density at radius 1 is 1.03 bits per heavy atom. The first kappa shape index (κ1) is 21.8. The molecule has 0 radical (unpaired) electrons. The van der Waals surface area contributed by atoms with E-state index in [-0.39, 0.29) is 12.5 Å². The third-order valence-electron chi connectivity index (χ3n) is 4.33. The van der Waals surface area contributed by atoms with Gasteiger partial charge in [0, 0.05) is 17.1 Å². The van der Waals surface area contributed by atoms with Crippen molar-refractivity contribution in [2.24, 2.45) is 5.10 Å². The lowest BCUT2D eigenvalue weighted by Gasteiger charge is -2.12. The molecule has 160 valence electrons. The van der Waals surface area contributed by atoms with Gasteiger partial charge in [-0.3, -0.25) is 4.79 Å². The average molecular weight is 419 g/mol. The van der Waals surface area contributed by atoms with E-state index >= 15 is 0 Å². The molecule has 8 heteroatoms. The quantitative estimate of drug-likeness (QED) is 0.425. The number of aromatic nitrogens is 2. The van der Waals surface area contributed by atoms with E-state index in [4.69, 9.17) is 9.47 Å². The van der Waals surface area contributed by atoms with Gasteiger partial charge in [0.2, 0.25) is 5.95 Å². The van der Waals surface area contributed by atoms with Crippen LogP contribution < -0.4 is 20.2 Å². The van der Waals surface area contributed by atoms with Crippen LogP contribution in [0.5, 0.6) is 11.5 Å². The summed E-state index contributed by atoms with van der Waals surface area (Å²) in [7, 11) is 1.54. The first-order chi connectivity index (χ1) is 14.9. The highest BCUT2D eigenvalue weighted by molar-refractivity contribution is 5.92. The summed E-state index contributed by atoms with van der Waals surface area (Å²) in [6.45, 7) is 5.59. The molecule has 0 unspecified atom stereocenters. The van der Waals surface area contributed by atoms with Crippen molar-refractivity contribution in [3.8, 4) is 11.5 Å². The number of ether oxygens (including phenoxy) is 2. The molecule has 0 atom stereocenters. The number of rotatable bonds is 8. The number of methoxy groups -OCH3 is 1. The largest absolute Gasteiger partial charge is 0.493 e. The maximum atomic E-state index is 12.2. The van der Waals surface area contributed by atoms with Crippen molar-refractivity contribution in [2.45, 2.75) is 20.8 Å². The van der Waals surface area contributed by atoms with Gasteiger partial charge in [0.05, 0.1) is 13.3 Å². The monoisotopic (exact) mass is 419 g/mol. The van der Waals surface area contributed by atoms with Gasteiger partial charge in [0.1, 0.15) is 0 Å². The molecule has 1 heterocycles. The number of anilines is 2. The second-order valence-electron chi connectivity index (χ2n) is 6.91. The topological polar surface area (TPSA) is 97.7 Å². The SMILES string of the molecule is COc1cc(/C=N/Nc2nc(C)cc(C)n2)ccc1OCC(=O)Nc1ccccc1C. The van der Waals surface area contributed by atoms with Crippen molar-refractivity contribution < 1.29 is 14.3 Å². The van der Waals surface area contributed by atoms with E-state index in [0.717, 1.165) is 28.2 Å². The molecule has 0 saturated carbocycles. The maximum Gasteiger partial charge on any atom is 0.262 e. The third-order valence-corrected chi connectivity index (χ3v) is 4.33. The van der Waals surface area contributed by atoms with E-state index in [0.29, 0.717) is 17.4 Å². The van der Waals surface area contributed by atoms with Crippen LogP contribution in [0.3, 0.4) is 0 Å². The molecule has 0 fully saturated rings. The summed E-state index contributed by atoms with van der Waals surface area (Å²) in [4.78, 5) is 20.8. The molecule has 0 saturated heterocycles. The fourth-order valence-corrected chi connectivity index (χ4v) is 2.87. The Morgan fingerprint density at radius 2 is 1.77 bits per heavy atom. The number of hydrogen-bond acceptors (Lipinski definition) is 7. The zero-order valence-electron chi connectivity index (χ0n) is 18.0. The molecule has 2 aromatic carbocycles. The van der Waals surface area contributed by atoms with Gasteiger partial charge in [-0.05, 0) is 62.2 Å². The minimum Gasteiger partial charge on any atom is -0.493 e. The summed E-state index contributed by atoms with van der Waals surface area (Å²) in [6, 6.07) is 14.8. The predicted octanol–water partition coefficient (Wildman–Crippen LogP) is 3.87. The van der Waals surface area contributed by atoms with E-state index in [1.165, 1.54) is 7.11 Å². The van der Waals surface area contributed by atoms with Gasteiger partial charge in [0.15, 0.2) is 18.1 Å². The number of nitrogens with one attached hydrogen (secondary N) is 2. The fraction of sp³-hybridized carbons (Fsp3) is 0.217. The van der Waals surface area contributed by atoms with Crippen molar-refractivity contribution in [3.63, 3.8) is 0 Å². The van der Waals surface area contributed by atoms with E-state index in [9.17, 15) is 4.79 Å². The number of carbonyl (C=O) groups is 1. The number of carbonyl (C=O) groups excluding carboxylic acids is 1. The van der Waals surface area contributed by atoms with Crippen LogP contribution in [0, 0.1) is 20.8 Å². The smallest absolute Gasteiger partial charge is 0.262 e. The third kappa shape index (κ3) is 6.27. The Kier molecular flexibility index (Phi) is 7.16. The maximum absolute atomic E-state index is 12.2. The molecule has 3 aromatic rings. The van der Waals surface area contributed by atoms with Crippen molar-refractivity contribution in [3.05, 3.63) is 71.0 Å². The summed E-state index contributed by atoms with van der Waals surface area (Å²) in [5.74, 6) is 1.14. The molecule has 0 aliphatic carbocycles. The molecule has 3 rings (SSSR count). The van der Waals surface area contributed by atoms with Gasteiger partial charge in [-0.1, -0.05) is 18.2 Å². The lowest BCUT2D eigenvalue weighted by Crippen LogP contribution is -2.20. The number of benzene rings is 2. The lowest BCUT2D eigenvalue weighted by molar-refractivity contribution is -0.118. The Labute approximate surface area is 181 Å². The van der Waals surface area contributed by atoms with Crippen molar-refractivity contribution >= 4 is 23.8 Å². The van der Waals surface area contributed by atoms with Gasteiger partial charge in [0.25, 0.3) is 5.91 Å². The fourth-order valence-electron chi connectivity index (χ4n) is 2.87. The zero-order chi connectivity index (χ0) is 22.2. The summed E-state index contributed by atoms with van der Waals surface area (Å²) in [5.41, 5.74) is 7.06. The molecule has 0 aliphatic heterocycles. The molecule has 31 heavy (non-hydrogen) atoms. The molecular weight excluding hydrogens is 394 g/mol. The Hall–Kier alpha value is -3.94. The highest BCUT2D eigenvalue weighted by Gasteiger charge is 2.09. The second kappa shape index (κ2) is 10.2. The Balaban J connectivity index is 1.60. The number of nitrogens with zero attached hydrogens (tertiary/aromatic N) is 3. The van der Waals surface area contributed by atoms with Gasteiger partial charge in [-0.25, -0.2) is 15.4 Å². The highest BCUT2D eigenvalue weighted by atomic mass is 16.5. The van der Waals surface area contributed by atoms with Crippen LogP contribution in [0.2, 0.25) is 0 Å². The summed E-state index contributed by atoms with van der Waals surface area (Å²) < 4.78 is 11.0. The molecule has 1 aromatic heterocycles. The van der Waals surface area contributed by atoms with Crippen LogP contribution in [-0.2, 0) is 4.79 Å². The predicted molar refractivity (Wildman–Crippen MR) is 121 cm³/mol. The van der Waals surface area contributed by atoms with Crippen molar-refractivity contribution in [2.75, 3.05) is 24.5 Å². The average Bonchev–Trinajstić information content (AvgIpc) is 2.73. The van der Waals surface area contributed by atoms with E-state index in [2.05, 4.69) is 25.8 Å². The first-order valence-electron chi connectivity index (χ1n) is 9.72. The lowest BCUT2D eigenvalue weighted by atomic mass is 10.2. The van der Waals surface area contributed by atoms with Gasteiger partial charge >= 0.3 is 0 Å². The number of hydrogen-bond donors (Lipinski definition) is 2. The molecule has 2 N–H and O–H groups in total. The van der Waals surface area contributed by atoms with Gasteiger partial charge in [-0.15, -0.1) is 0 Å². The first-order valence-corrected chi connectivity index (χ1v) is 9.72. The number of aryl methyl sites for hydroxylation is 3. The van der Waals surface area contributed by atoms with Crippen molar-refractivity contribution in [1.82, 2.24) is 9.97 Å². The second-order valence-corrected chi connectivity index (χ2v) is 6.91. The number of hydrazone groups is 1. The molecule has 1 amide bonds. The molecule has 0 spiro atoms. The molecular formula is C23H25N5O3. The van der Waals surface area contributed by atoms with Crippen LogP contribution in [0.15, 0.2) is 53.6 Å². The summed E-state index contributed by atoms with van der Waals surface area (Å²) in [5, 5.41) is 7.00. The highest BCUT2D eigenvalue weighted by Crippen LogP contribution is 2.27. The Bertz CT molecular complexity index is 1080. The minimum absolute atomic E-state index is 0.135. The van der Waals surface area contributed by atoms with E-state index in [1.54, 1.807) is 18.3 Å². The molecule has 0 aliphatic rings. The van der Waals surface area contributed by atoms with E-state index in [1.807, 2.05) is 57.2 Å². The Morgan fingerprint density at radius 3 is 2.48 bits per heavy atom. The van der Waals surface area contributed by atoms with Crippen molar-refractivity contribution in [1.29, 1.82) is 0 Å². The van der Waals surface area contributed by atoms with Crippen LogP contribution >= 0.6 is 0 Å². The standard InChI is InChI=1S/C23H25N5O3/c1-15-7-5-6-8-19(15)27-22(29)14-31-20-10-9-18(12-21(20)30-4)13-24-28-23-25-16(2)11-17(3)26-23/h5-13H,14H2,1-4H3,(H,27,29)(H,25,26,28)/b24-13+. The normalized spacial score (nSPS) is 10.7. The van der Waals surface area contributed by atoms with Crippen LogP contribution in [0.25, 0.3) is 0 Å². The van der Waals surface area contributed by atoms with Crippen LogP contribution in [-0.4, -0.2) is 35.8 Å². The summed E-state index contributed by atoms with van der Waals surface area (Å²) in [6.07, 6.45) is 1.62. The van der Waals surface area contributed by atoms with Gasteiger partial charge < -0.3 is 14.8 Å².